The van der Waals surface area contributed by atoms with E-state index < -0.39 is 56.3 Å². The molecule has 0 radical (unpaired) electrons. The van der Waals surface area contributed by atoms with Gasteiger partial charge in [-0.15, -0.1) is 11.6 Å². The summed E-state index contributed by atoms with van der Waals surface area (Å²) in [6.07, 6.45) is 0. The smallest absolute Gasteiger partial charge is 0.227 e. The van der Waals surface area contributed by atoms with Crippen LogP contribution >= 0.6 is 34.8 Å². The Morgan fingerprint density at radius 3 is 0.893 bits per heavy atom. The first kappa shape index (κ1) is 24.1. The lowest BCUT2D eigenvalue weighted by atomic mass is 9.57. The quantitative estimate of drug-likeness (QED) is 0.264. The zero-order chi connectivity index (χ0) is 23.0. The molecule has 28 heavy (non-hydrogen) atoms. The fourth-order valence-electron chi connectivity index (χ4n) is 2.91. The molecular formula is C10Cl3F15. The summed E-state index contributed by atoms with van der Waals surface area (Å²) in [5.74, 6) is -53.6. The number of hydrogen-bond acceptors (Lipinski definition) is 0. The van der Waals surface area contributed by atoms with Gasteiger partial charge in [-0.2, -0.15) is 61.5 Å². The van der Waals surface area contributed by atoms with Gasteiger partial charge in [-0.25, -0.2) is 4.39 Å². The molecule has 0 aromatic rings. The first-order valence-corrected chi connectivity index (χ1v) is 7.29. The van der Waals surface area contributed by atoms with E-state index in [9.17, 15) is 65.9 Å². The maximum absolute atomic E-state index is 14.7. The Morgan fingerprint density at radius 2 is 0.571 bits per heavy atom. The molecule has 18 heteroatoms. The van der Waals surface area contributed by atoms with E-state index in [1.807, 2.05) is 0 Å². The third-order valence-electron chi connectivity index (χ3n) is 4.57. The van der Waals surface area contributed by atoms with Crippen molar-refractivity contribution in [2.45, 2.75) is 56.3 Å². The minimum atomic E-state index is -7.93. The van der Waals surface area contributed by atoms with E-state index in [1.54, 1.807) is 0 Å². The molecule has 166 valence electrons. The molecule has 2 atom stereocenters. The molecule has 0 aromatic carbocycles. The SMILES string of the molecule is FC1(F)C(F)(F)C(F)(F)C2(Cl)C(Cl)(Cl)C(F)(F)C(F)(F)C(F)(F)C2(F)C1(F)F. The van der Waals surface area contributed by atoms with E-state index in [4.69, 9.17) is 0 Å². The lowest BCUT2D eigenvalue weighted by Crippen LogP contribution is -2.97. The molecule has 2 fully saturated rings. The van der Waals surface area contributed by atoms with Gasteiger partial charge in [-0.3, -0.25) is 0 Å². The summed E-state index contributed by atoms with van der Waals surface area (Å²) < 4.78 is 200. The molecule has 2 rings (SSSR count). The molecule has 0 nitrogen and oxygen atoms in total. The van der Waals surface area contributed by atoms with Crippen LogP contribution in [0.25, 0.3) is 0 Å². The second-order valence-electron chi connectivity index (χ2n) is 5.91. The molecule has 0 saturated heterocycles. The molecular weight excluding hydrogens is 511 g/mol. The van der Waals surface area contributed by atoms with E-state index in [-0.39, 0.29) is 0 Å². The number of halogens is 18. The molecule has 0 N–H and O–H groups in total. The average Bonchev–Trinajstić information content (AvgIpc) is 2.49. The monoisotopic (exact) mass is 510 g/mol. The Kier molecular flexibility index (Phi) is 4.30. The van der Waals surface area contributed by atoms with Gasteiger partial charge in [-0.1, -0.05) is 23.2 Å². The summed E-state index contributed by atoms with van der Waals surface area (Å²) in [5, 5.41) is 0. The fourth-order valence-corrected chi connectivity index (χ4v) is 4.12. The van der Waals surface area contributed by atoms with Crippen molar-refractivity contribution in [2.24, 2.45) is 0 Å². The van der Waals surface area contributed by atoms with Crippen molar-refractivity contribution < 1.29 is 65.9 Å². The van der Waals surface area contributed by atoms with E-state index in [0.29, 0.717) is 0 Å². The van der Waals surface area contributed by atoms with Gasteiger partial charge in [0.2, 0.25) is 4.33 Å². The van der Waals surface area contributed by atoms with Gasteiger partial charge in [0.15, 0.2) is 4.87 Å². The molecule has 2 saturated carbocycles. The van der Waals surface area contributed by atoms with E-state index in [0.717, 1.165) is 0 Å². The Balaban J connectivity index is 3.23. The van der Waals surface area contributed by atoms with Gasteiger partial charge in [0.1, 0.15) is 0 Å². The molecule has 2 aliphatic rings. The Hall–Kier alpha value is -0.180. The first-order valence-electron chi connectivity index (χ1n) is 6.15. The molecule has 0 amide bonds. The van der Waals surface area contributed by atoms with Gasteiger partial charge in [0, 0.05) is 0 Å². The molecule has 2 unspecified atom stereocenters. The van der Waals surface area contributed by atoms with Crippen molar-refractivity contribution in [3.63, 3.8) is 0 Å². The third-order valence-corrected chi connectivity index (χ3v) is 6.59. The van der Waals surface area contributed by atoms with E-state index in [2.05, 4.69) is 34.8 Å². The van der Waals surface area contributed by atoms with E-state index in [1.165, 1.54) is 0 Å². The Morgan fingerprint density at radius 1 is 0.321 bits per heavy atom. The normalized spacial score (nSPS) is 43.1. The highest BCUT2D eigenvalue weighted by atomic mass is 35.5. The standard InChI is InChI=1S/C10Cl3F15/c11-1-2(14,5(17,18)9(25,26)7(21,22)3(1,12)13)6(19,20)10(27,28)8(23,24)4(1,15)16. The maximum Gasteiger partial charge on any atom is 0.381 e. The van der Waals surface area contributed by atoms with Crippen molar-refractivity contribution in [3.8, 4) is 0 Å². The van der Waals surface area contributed by atoms with Gasteiger partial charge in [0.25, 0.3) is 5.67 Å². The van der Waals surface area contributed by atoms with Crippen LogP contribution in [-0.2, 0) is 0 Å². The topological polar surface area (TPSA) is 0 Å². The second kappa shape index (κ2) is 5.00. The van der Waals surface area contributed by atoms with Crippen LogP contribution in [0.5, 0.6) is 0 Å². The van der Waals surface area contributed by atoms with Gasteiger partial charge < -0.3 is 0 Å². The second-order valence-corrected chi connectivity index (χ2v) is 7.81. The summed E-state index contributed by atoms with van der Waals surface area (Å²) >= 11 is 13.0. The molecule has 2 aliphatic carbocycles. The third kappa shape index (κ3) is 1.63. The van der Waals surface area contributed by atoms with Crippen molar-refractivity contribution in [3.05, 3.63) is 0 Å². The largest absolute Gasteiger partial charge is 0.381 e. The summed E-state index contributed by atoms with van der Waals surface area (Å²) in [6.45, 7) is 0. The fraction of sp³-hybridized carbons (Fsp3) is 1.00. The van der Waals surface area contributed by atoms with Gasteiger partial charge in [-0.05, 0) is 0 Å². The van der Waals surface area contributed by atoms with Crippen LogP contribution in [0.4, 0.5) is 65.9 Å². The number of hydrogen-bond donors (Lipinski definition) is 0. The summed E-state index contributed by atoms with van der Waals surface area (Å²) in [6, 6.07) is 0. The molecule has 0 bridgehead atoms. The van der Waals surface area contributed by atoms with Crippen LogP contribution in [0.1, 0.15) is 0 Å². The number of rotatable bonds is 0. The zero-order valence-corrected chi connectivity index (χ0v) is 14.1. The predicted molar refractivity (Wildman–Crippen MR) is 61.5 cm³/mol. The highest BCUT2D eigenvalue weighted by Gasteiger charge is 3.12. The van der Waals surface area contributed by atoms with Crippen LogP contribution in [0.15, 0.2) is 0 Å². The van der Waals surface area contributed by atoms with E-state index >= 15 is 0 Å². The first-order chi connectivity index (χ1) is 11.8. The van der Waals surface area contributed by atoms with Crippen molar-refractivity contribution >= 4 is 34.8 Å². The summed E-state index contributed by atoms with van der Waals surface area (Å²) in [5.41, 5.74) is -7.72. The van der Waals surface area contributed by atoms with Crippen LogP contribution in [0, 0.1) is 0 Å². The van der Waals surface area contributed by atoms with Crippen LogP contribution in [0.3, 0.4) is 0 Å². The minimum absolute atomic E-state index is 4.32. The predicted octanol–water partition coefficient (Wildman–Crippen LogP) is 6.32. The molecule has 0 aliphatic heterocycles. The molecule has 0 heterocycles. The van der Waals surface area contributed by atoms with Gasteiger partial charge >= 0.3 is 41.5 Å². The molecule has 0 spiro atoms. The maximum atomic E-state index is 14.7. The average molecular weight is 511 g/mol. The Bertz CT molecular complexity index is 599. The van der Waals surface area contributed by atoms with Crippen LogP contribution in [-0.4, -0.2) is 56.3 Å². The zero-order valence-electron chi connectivity index (χ0n) is 11.8. The number of alkyl halides is 18. The van der Waals surface area contributed by atoms with Gasteiger partial charge in [0.05, 0.1) is 0 Å². The van der Waals surface area contributed by atoms with Crippen LogP contribution in [0.2, 0.25) is 0 Å². The minimum Gasteiger partial charge on any atom is -0.227 e. The summed E-state index contributed by atoms with van der Waals surface area (Å²) in [7, 11) is 0. The van der Waals surface area contributed by atoms with Crippen molar-refractivity contribution in [2.75, 3.05) is 0 Å². The van der Waals surface area contributed by atoms with Crippen molar-refractivity contribution in [1.82, 2.24) is 0 Å². The van der Waals surface area contributed by atoms with Crippen molar-refractivity contribution in [1.29, 1.82) is 0 Å². The summed E-state index contributed by atoms with van der Waals surface area (Å²) in [4.78, 5) is -6.81. The highest BCUT2D eigenvalue weighted by molar-refractivity contribution is 6.55. The lowest BCUT2D eigenvalue weighted by molar-refractivity contribution is -0.497. The van der Waals surface area contributed by atoms with Crippen LogP contribution < -0.4 is 0 Å². The number of fused-ring (bicyclic) bond motifs is 1. The highest BCUT2D eigenvalue weighted by Crippen LogP contribution is 2.82. The lowest BCUT2D eigenvalue weighted by Gasteiger charge is -2.65. The molecule has 0 aromatic heterocycles. The Labute approximate surface area is 157 Å².